The molecule has 11 heavy (non-hydrogen) atoms. The third-order valence-electron chi connectivity index (χ3n) is 1.88. The molecule has 0 bridgehead atoms. The molecule has 1 atom stereocenters. The van der Waals surface area contributed by atoms with Crippen LogP contribution in [0.5, 0.6) is 0 Å². The van der Waals surface area contributed by atoms with Crippen molar-refractivity contribution < 1.29 is 4.18 Å². The summed E-state index contributed by atoms with van der Waals surface area (Å²) in [7, 11) is 0. The van der Waals surface area contributed by atoms with Crippen molar-refractivity contribution in [2.75, 3.05) is 13.2 Å². The van der Waals surface area contributed by atoms with Gasteiger partial charge in [-0.15, -0.1) is 0 Å². The van der Waals surface area contributed by atoms with Gasteiger partial charge in [0, 0.05) is 12.6 Å². The molecule has 0 amide bonds. The molecule has 0 aromatic rings. The molecule has 0 N–H and O–H groups in total. The monoisotopic (exact) mass is 175 g/mol. The Morgan fingerprint density at radius 3 is 2.91 bits per heavy atom. The second-order valence-electron chi connectivity index (χ2n) is 2.94. The van der Waals surface area contributed by atoms with Crippen molar-refractivity contribution >= 4 is 12.2 Å². The first-order chi connectivity index (χ1) is 5.38. The van der Waals surface area contributed by atoms with Crippen molar-refractivity contribution in [1.29, 1.82) is 0 Å². The van der Waals surface area contributed by atoms with E-state index in [0.717, 1.165) is 13.2 Å². The van der Waals surface area contributed by atoms with E-state index in [1.165, 1.54) is 19.3 Å². The lowest BCUT2D eigenvalue weighted by molar-refractivity contribution is 0.296. The van der Waals surface area contributed by atoms with Crippen LogP contribution in [-0.4, -0.2) is 23.5 Å². The fourth-order valence-electron chi connectivity index (χ4n) is 1.32. The second kappa shape index (κ2) is 5.01. The fourth-order valence-corrected chi connectivity index (χ4v) is 2.22. The number of rotatable bonds is 4. The van der Waals surface area contributed by atoms with E-state index < -0.39 is 0 Å². The zero-order valence-corrected chi connectivity index (χ0v) is 8.19. The lowest BCUT2D eigenvalue weighted by Crippen LogP contribution is -2.26. The minimum Gasteiger partial charge on any atom is -0.299 e. The highest BCUT2D eigenvalue weighted by molar-refractivity contribution is 7.92. The highest BCUT2D eigenvalue weighted by atomic mass is 32.2. The summed E-state index contributed by atoms with van der Waals surface area (Å²) in [4.78, 5) is 0. The Bertz CT molecular complexity index is 98.3. The van der Waals surface area contributed by atoms with Gasteiger partial charge in [-0.2, -0.15) is 0 Å². The van der Waals surface area contributed by atoms with E-state index in [4.69, 9.17) is 4.18 Å². The smallest absolute Gasteiger partial charge is 0.0823 e. The van der Waals surface area contributed by atoms with Gasteiger partial charge in [-0.3, -0.25) is 4.18 Å². The highest BCUT2D eigenvalue weighted by Crippen LogP contribution is 2.27. The minimum absolute atomic E-state index is 0.671. The summed E-state index contributed by atoms with van der Waals surface area (Å²) < 4.78 is 7.68. The van der Waals surface area contributed by atoms with Gasteiger partial charge in [0.25, 0.3) is 0 Å². The Hall–Kier alpha value is 0.270. The highest BCUT2D eigenvalue weighted by Gasteiger charge is 2.24. The van der Waals surface area contributed by atoms with Crippen molar-refractivity contribution in [3.63, 3.8) is 0 Å². The average molecular weight is 175 g/mol. The molecule has 0 aromatic carbocycles. The standard InChI is InChI=1S/C8H17NOS/c1-3-5-8-7-10-11-9(8)6-4-2/h8H,3-7H2,1-2H3. The maximum absolute atomic E-state index is 5.32. The Kier molecular flexibility index (Phi) is 4.26. The van der Waals surface area contributed by atoms with Gasteiger partial charge in [0.1, 0.15) is 0 Å². The molecule has 0 aliphatic carbocycles. The molecule has 1 saturated heterocycles. The van der Waals surface area contributed by atoms with Crippen molar-refractivity contribution in [1.82, 2.24) is 4.31 Å². The van der Waals surface area contributed by atoms with E-state index in [1.807, 2.05) is 0 Å². The third-order valence-corrected chi connectivity index (χ3v) is 2.80. The zero-order valence-electron chi connectivity index (χ0n) is 7.38. The van der Waals surface area contributed by atoms with Crippen molar-refractivity contribution in [3.8, 4) is 0 Å². The first-order valence-corrected chi connectivity index (χ1v) is 5.14. The van der Waals surface area contributed by atoms with Crippen LogP contribution >= 0.6 is 12.2 Å². The summed E-state index contributed by atoms with van der Waals surface area (Å²) in [6.07, 6.45) is 3.75. The summed E-state index contributed by atoms with van der Waals surface area (Å²) in [5, 5.41) is 0. The summed E-state index contributed by atoms with van der Waals surface area (Å²) in [6.45, 7) is 6.52. The summed E-state index contributed by atoms with van der Waals surface area (Å²) in [5.41, 5.74) is 0. The van der Waals surface area contributed by atoms with Gasteiger partial charge < -0.3 is 0 Å². The molecule has 2 nitrogen and oxygen atoms in total. The summed E-state index contributed by atoms with van der Waals surface area (Å²) >= 11 is 1.55. The van der Waals surface area contributed by atoms with Gasteiger partial charge in [0.05, 0.1) is 18.8 Å². The molecule has 1 aliphatic heterocycles. The molecule has 0 spiro atoms. The van der Waals surface area contributed by atoms with Gasteiger partial charge >= 0.3 is 0 Å². The quantitative estimate of drug-likeness (QED) is 0.481. The van der Waals surface area contributed by atoms with Crippen LogP contribution in [0.15, 0.2) is 0 Å². The second-order valence-corrected chi connectivity index (χ2v) is 3.80. The topological polar surface area (TPSA) is 12.5 Å². The fraction of sp³-hybridized carbons (Fsp3) is 1.00. The summed E-state index contributed by atoms with van der Waals surface area (Å²) in [5.74, 6) is 0. The van der Waals surface area contributed by atoms with Crippen LogP contribution in [0.2, 0.25) is 0 Å². The van der Waals surface area contributed by atoms with Crippen LogP contribution in [0.1, 0.15) is 33.1 Å². The Morgan fingerprint density at radius 2 is 2.27 bits per heavy atom. The molecule has 1 aliphatic rings. The predicted molar refractivity (Wildman–Crippen MR) is 49.2 cm³/mol. The molecule has 1 heterocycles. The first kappa shape index (κ1) is 9.36. The number of hydrogen-bond acceptors (Lipinski definition) is 3. The number of nitrogens with zero attached hydrogens (tertiary/aromatic N) is 1. The van der Waals surface area contributed by atoms with Gasteiger partial charge in [0.2, 0.25) is 0 Å². The van der Waals surface area contributed by atoms with Gasteiger partial charge in [-0.05, 0) is 12.8 Å². The Morgan fingerprint density at radius 1 is 1.45 bits per heavy atom. The van der Waals surface area contributed by atoms with Crippen molar-refractivity contribution in [3.05, 3.63) is 0 Å². The largest absolute Gasteiger partial charge is 0.299 e. The molecule has 0 aromatic heterocycles. The molecule has 1 fully saturated rings. The molecular weight excluding hydrogens is 158 g/mol. The lowest BCUT2D eigenvalue weighted by Gasteiger charge is -2.18. The molecule has 1 rings (SSSR count). The van der Waals surface area contributed by atoms with Gasteiger partial charge in [-0.25, -0.2) is 4.31 Å². The van der Waals surface area contributed by atoms with Crippen molar-refractivity contribution in [2.45, 2.75) is 39.2 Å². The molecular formula is C8H17NOS. The van der Waals surface area contributed by atoms with Crippen LogP contribution in [-0.2, 0) is 4.18 Å². The van der Waals surface area contributed by atoms with Crippen LogP contribution in [0, 0.1) is 0 Å². The SMILES string of the molecule is CCCC1COSN1CCC. The third kappa shape index (κ3) is 2.65. The molecule has 0 saturated carbocycles. The van der Waals surface area contributed by atoms with E-state index in [1.54, 1.807) is 12.2 Å². The normalized spacial score (nSPS) is 26.2. The minimum atomic E-state index is 0.671. The molecule has 1 unspecified atom stereocenters. The van der Waals surface area contributed by atoms with E-state index in [0.29, 0.717) is 6.04 Å². The number of hydrogen-bond donors (Lipinski definition) is 0. The van der Waals surface area contributed by atoms with Crippen LogP contribution in [0.3, 0.4) is 0 Å². The van der Waals surface area contributed by atoms with Gasteiger partial charge in [0.15, 0.2) is 0 Å². The van der Waals surface area contributed by atoms with E-state index in [-0.39, 0.29) is 0 Å². The van der Waals surface area contributed by atoms with E-state index in [2.05, 4.69) is 18.2 Å². The van der Waals surface area contributed by atoms with Crippen LogP contribution in [0.25, 0.3) is 0 Å². The van der Waals surface area contributed by atoms with E-state index in [9.17, 15) is 0 Å². The first-order valence-electron chi connectivity index (χ1n) is 4.44. The lowest BCUT2D eigenvalue weighted by atomic mass is 10.2. The van der Waals surface area contributed by atoms with Crippen LogP contribution in [0.4, 0.5) is 0 Å². The zero-order chi connectivity index (χ0) is 8.10. The average Bonchev–Trinajstić information content (AvgIpc) is 2.39. The predicted octanol–water partition coefficient (Wildman–Crippen LogP) is 2.46. The van der Waals surface area contributed by atoms with Crippen molar-refractivity contribution in [2.24, 2.45) is 0 Å². The maximum atomic E-state index is 5.32. The summed E-state index contributed by atoms with van der Waals surface area (Å²) in [6, 6.07) is 0.671. The Balaban J connectivity index is 2.25. The molecule has 3 heteroatoms. The van der Waals surface area contributed by atoms with E-state index >= 15 is 0 Å². The molecule has 0 radical (unpaired) electrons. The maximum Gasteiger partial charge on any atom is 0.0823 e. The van der Waals surface area contributed by atoms with Gasteiger partial charge in [-0.1, -0.05) is 20.3 Å². The molecule has 66 valence electrons. The Labute approximate surface area is 73.6 Å². The van der Waals surface area contributed by atoms with Crippen LogP contribution < -0.4 is 0 Å².